The van der Waals surface area contributed by atoms with E-state index >= 15 is 0 Å². The molecule has 0 aliphatic carbocycles. The Bertz CT molecular complexity index is 348. The van der Waals surface area contributed by atoms with Crippen LogP contribution in [0.25, 0.3) is 0 Å². The number of nitrogens with zero attached hydrogens (tertiary/aromatic N) is 1. The van der Waals surface area contributed by atoms with Crippen LogP contribution in [0.15, 0.2) is 18.2 Å². The highest BCUT2D eigenvalue weighted by Gasteiger charge is 2.08. The van der Waals surface area contributed by atoms with E-state index in [0.717, 1.165) is 5.56 Å². The van der Waals surface area contributed by atoms with E-state index in [-0.39, 0.29) is 4.83 Å². The fourth-order valence-electron chi connectivity index (χ4n) is 0.915. The third-order valence-electron chi connectivity index (χ3n) is 1.58. The van der Waals surface area contributed by atoms with Crippen LogP contribution in [0.5, 0.6) is 5.75 Å². The molecule has 0 fully saturated rings. The van der Waals surface area contributed by atoms with E-state index in [1.54, 1.807) is 25.3 Å². The molecule has 1 unspecified atom stereocenters. The van der Waals surface area contributed by atoms with Crippen LogP contribution in [-0.4, -0.2) is 7.11 Å². The predicted molar refractivity (Wildman–Crippen MR) is 55.3 cm³/mol. The van der Waals surface area contributed by atoms with E-state index in [4.69, 9.17) is 21.6 Å². The Morgan fingerprint density at radius 3 is 2.77 bits per heavy atom. The van der Waals surface area contributed by atoms with Gasteiger partial charge in [-0.2, -0.15) is 5.26 Å². The van der Waals surface area contributed by atoms with E-state index in [9.17, 15) is 0 Å². The molecule has 0 saturated heterocycles. The van der Waals surface area contributed by atoms with Gasteiger partial charge in [-0.25, -0.2) is 0 Å². The Balaban J connectivity index is 3.04. The van der Waals surface area contributed by atoms with Crippen molar-refractivity contribution >= 4 is 27.5 Å². The van der Waals surface area contributed by atoms with Crippen LogP contribution >= 0.6 is 27.5 Å². The van der Waals surface area contributed by atoms with Crippen molar-refractivity contribution in [3.05, 3.63) is 28.8 Å². The number of rotatable bonds is 2. The molecule has 0 N–H and O–H groups in total. The Kier molecular flexibility index (Phi) is 3.58. The molecule has 0 saturated carbocycles. The molecule has 1 rings (SSSR count). The van der Waals surface area contributed by atoms with Gasteiger partial charge in [0, 0.05) is 0 Å². The second kappa shape index (κ2) is 4.50. The number of alkyl halides is 1. The molecule has 1 aromatic rings. The Morgan fingerprint density at radius 2 is 2.31 bits per heavy atom. The van der Waals surface area contributed by atoms with Crippen LogP contribution in [0, 0.1) is 11.3 Å². The highest BCUT2D eigenvalue weighted by molar-refractivity contribution is 9.09. The zero-order chi connectivity index (χ0) is 9.84. The van der Waals surface area contributed by atoms with Crippen molar-refractivity contribution in [3.8, 4) is 11.8 Å². The number of ether oxygens (including phenoxy) is 1. The lowest BCUT2D eigenvalue weighted by Gasteiger charge is -2.05. The number of halogens is 2. The minimum Gasteiger partial charge on any atom is -0.495 e. The summed E-state index contributed by atoms with van der Waals surface area (Å²) in [7, 11) is 1.55. The maximum Gasteiger partial charge on any atom is 0.137 e. The highest BCUT2D eigenvalue weighted by atomic mass is 79.9. The van der Waals surface area contributed by atoms with Crippen molar-refractivity contribution in [2.75, 3.05) is 7.11 Å². The third-order valence-corrected chi connectivity index (χ3v) is 2.61. The minimum absolute atomic E-state index is 0.323. The summed E-state index contributed by atoms with van der Waals surface area (Å²) in [5, 5.41) is 9.15. The molecule has 1 atom stereocenters. The lowest BCUT2D eigenvalue weighted by atomic mass is 10.1. The second-order valence-electron chi connectivity index (χ2n) is 2.39. The average molecular weight is 261 g/mol. The van der Waals surface area contributed by atoms with Crippen molar-refractivity contribution in [2.45, 2.75) is 4.83 Å². The molecule has 0 aliphatic heterocycles. The van der Waals surface area contributed by atoms with Crippen molar-refractivity contribution in [2.24, 2.45) is 0 Å². The van der Waals surface area contributed by atoms with Crippen molar-refractivity contribution in [3.63, 3.8) is 0 Å². The summed E-state index contributed by atoms with van der Waals surface area (Å²) in [6, 6.07) is 7.31. The molecule has 0 radical (unpaired) electrons. The first-order chi connectivity index (χ1) is 6.19. The molecule has 0 heterocycles. The molecule has 2 nitrogen and oxygen atoms in total. The highest BCUT2D eigenvalue weighted by Crippen LogP contribution is 2.30. The second-order valence-corrected chi connectivity index (χ2v) is 3.71. The molecule has 0 aromatic heterocycles. The number of methoxy groups -OCH3 is 1. The van der Waals surface area contributed by atoms with Gasteiger partial charge in [-0.15, -0.1) is 0 Å². The number of benzene rings is 1. The third kappa shape index (κ3) is 2.36. The largest absolute Gasteiger partial charge is 0.495 e. The molecule has 68 valence electrons. The van der Waals surface area contributed by atoms with E-state index in [1.165, 1.54) is 0 Å². The Morgan fingerprint density at radius 1 is 1.62 bits per heavy atom. The molecular formula is C9H7BrClNO. The van der Waals surface area contributed by atoms with Gasteiger partial charge >= 0.3 is 0 Å². The summed E-state index contributed by atoms with van der Waals surface area (Å²) < 4.78 is 4.98. The maximum atomic E-state index is 8.63. The topological polar surface area (TPSA) is 33.0 Å². The summed E-state index contributed by atoms with van der Waals surface area (Å²) in [5.74, 6) is 0.614. The van der Waals surface area contributed by atoms with Crippen LogP contribution in [0.2, 0.25) is 5.02 Å². The Hall–Kier alpha value is -0.720. The fraction of sp³-hybridized carbons (Fsp3) is 0.222. The molecule has 0 spiro atoms. The molecule has 0 aliphatic rings. The summed E-state index contributed by atoms with van der Waals surface area (Å²) >= 11 is 9.08. The molecule has 0 bridgehead atoms. The van der Waals surface area contributed by atoms with Crippen LogP contribution in [-0.2, 0) is 0 Å². The van der Waals surface area contributed by atoms with Crippen LogP contribution in [0.3, 0.4) is 0 Å². The first kappa shape index (κ1) is 10.4. The first-order valence-electron chi connectivity index (χ1n) is 3.56. The number of nitriles is 1. The number of hydrogen-bond donors (Lipinski definition) is 0. The van der Waals surface area contributed by atoms with E-state index in [1.807, 2.05) is 0 Å². The monoisotopic (exact) mass is 259 g/mol. The van der Waals surface area contributed by atoms with E-state index < -0.39 is 0 Å². The molecule has 4 heteroatoms. The number of hydrogen-bond acceptors (Lipinski definition) is 2. The zero-order valence-corrected chi connectivity index (χ0v) is 9.26. The molecule has 0 amide bonds. The summed E-state index contributed by atoms with van der Waals surface area (Å²) in [6.07, 6.45) is 0. The van der Waals surface area contributed by atoms with Gasteiger partial charge < -0.3 is 4.74 Å². The zero-order valence-electron chi connectivity index (χ0n) is 6.92. The van der Waals surface area contributed by atoms with Crippen molar-refractivity contribution in [1.29, 1.82) is 5.26 Å². The van der Waals surface area contributed by atoms with E-state index in [0.29, 0.717) is 10.8 Å². The predicted octanol–water partition coefficient (Wildman–Crippen LogP) is 3.31. The Labute approximate surface area is 90.2 Å². The van der Waals surface area contributed by atoms with Gasteiger partial charge in [-0.3, -0.25) is 0 Å². The smallest absolute Gasteiger partial charge is 0.137 e. The van der Waals surface area contributed by atoms with Gasteiger partial charge in [-0.05, 0) is 17.7 Å². The van der Waals surface area contributed by atoms with Gasteiger partial charge in [0.15, 0.2) is 0 Å². The van der Waals surface area contributed by atoms with Gasteiger partial charge in [0.05, 0.1) is 18.2 Å². The first-order valence-corrected chi connectivity index (χ1v) is 4.85. The molecule has 1 aromatic carbocycles. The lowest BCUT2D eigenvalue weighted by molar-refractivity contribution is 0.415. The molecule has 13 heavy (non-hydrogen) atoms. The SMILES string of the molecule is COc1ccc(C(Br)C#N)cc1Cl. The average Bonchev–Trinajstić information content (AvgIpc) is 2.16. The lowest BCUT2D eigenvalue weighted by Crippen LogP contribution is -1.88. The van der Waals surface area contributed by atoms with Gasteiger partial charge in [0.2, 0.25) is 0 Å². The standard InChI is InChI=1S/C9H7BrClNO/c1-13-9-3-2-6(4-8(9)11)7(10)5-12/h2-4,7H,1H3. The van der Waals surface area contributed by atoms with Gasteiger partial charge in [0.1, 0.15) is 10.6 Å². The summed E-state index contributed by atoms with van der Waals surface area (Å²) in [6.45, 7) is 0. The fourth-order valence-corrected chi connectivity index (χ4v) is 1.47. The van der Waals surface area contributed by atoms with Crippen LogP contribution < -0.4 is 4.74 Å². The quantitative estimate of drug-likeness (QED) is 0.764. The molecular weight excluding hydrogens is 253 g/mol. The normalized spacial score (nSPS) is 11.8. The van der Waals surface area contributed by atoms with Gasteiger partial charge in [-0.1, -0.05) is 33.6 Å². The van der Waals surface area contributed by atoms with Crippen LogP contribution in [0.1, 0.15) is 10.4 Å². The maximum absolute atomic E-state index is 8.63. The summed E-state index contributed by atoms with van der Waals surface area (Å²) in [5.41, 5.74) is 0.827. The van der Waals surface area contributed by atoms with Crippen molar-refractivity contribution < 1.29 is 4.74 Å². The summed E-state index contributed by atoms with van der Waals surface area (Å²) in [4.78, 5) is -0.323. The van der Waals surface area contributed by atoms with E-state index in [2.05, 4.69) is 22.0 Å². The minimum atomic E-state index is -0.323. The van der Waals surface area contributed by atoms with Crippen molar-refractivity contribution in [1.82, 2.24) is 0 Å². The van der Waals surface area contributed by atoms with Crippen LogP contribution in [0.4, 0.5) is 0 Å². The van der Waals surface area contributed by atoms with Gasteiger partial charge in [0.25, 0.3) is 0 Å².